The molecule has 160 valence electrons. The highest BCUT2D eigenvalue weighted by atomic mass is 35.5. The molecule has 0 amide bonds. The molecule has 10 heteroatoms. The molecule has 3 aromatic rings. The van der Waals surface area contributed by atoms with Gasteiger partial charge in [-0.1, -0.05) is 17.7 Å². The lowest BCUT2D eigenvalue weighted by Gasteiger charge is -2.26. The van der Waals surface area contributed by atoms with E-state index >= 15 is 0 Å². The van der Waals surface area contributed by atoms with Gasteiger partial charge in [0.2, 0.25) is 0 Å². The number of aliphatic hydroxyl groups excluding tert-OH is 2. The molecular formula is C20H22Cl2N4O4. The Kier molecular flexibility index (Phi) is 5.89. The molecule has 30 heavy (non-hydrogen) atoms. The molecule has 1 fully saturated rings. The highest BCUT2D eigenvalue weighted by Gasteiger charge is 2.49. The van der Waals surface area contributed by atoms with Gasteiger partial charge >= 0.3 is 0 Å². The maximum Gasteiger partial charge on any atom is 0.164 e. The average Bonchev–Trinajstić information content (AvgIpc) is 3.18. The van der Waals surface area contributed by atoms with Crippen LogP contribution < -0.4 is 5.73 Å². The van der Waals surface area contributed by atoms with Crippen LogP contribution in [0, 0.1) is 0 Å². The van der Waals surface area contributed by atoms with Crippen molar-refractivity contribution in [3.63, 3.8) is 0 Å². The fraction of sp³-hybridized carbons (Fsp3) is 0.400. The molecule has 5 atom stereocenters. The molecule has 0 unspecified atom stereocenters. The van der Waals surface area contributed by atoms with Crippen molar-refractivity contribution in [3.8, 4) is 0 Å². The molecule has 0 saturated carbocycles. The van der Waals surface area contributed by atoms with Gasteiger partial charge in [-0.2, -0.15) is 0 Å². The van der Waals surface area contributed by atoms with Crippen molar-refractivity contribution >= 4 is 40.9 Å². The lowest BCUT2D eigenvalue weighted by molar-refractivity contribution is -0.108. The van der Waals surface area contributed by atoms with Crippen LogP contribution in [0.5, 0.6) is 0 Å². The number of aryl methyl sites for hydroxylation is 1. The summed E-state index contributed by atoms with van der Waals surface area (Å²) in [7, 11) is 0. The van der Waals surface area contributed by atoms with Crippen molar-refractivity contribution in [1.29, 1.82) is 0 Å². The van der Waals surface area contributed by atoms with Crippen molar-refractivity contribution in [2.75, 3.05) is 12.3 Å². The van der Waals surface area contributed by atoms with Gasteiger partial charge < -0.3 is 30.0 Å². The van der Waals surface area contributed by atoms with E-state index in [0.717, 1.165) is 24.0 Å². The first-order valence-corrected chi connectivity index (χ1v) is 9.91. The van der Waals surface area contributed by atoms with Gasteiger partial charge in [-0.3, -0.25) is 0 Å². The molecule has 2 aromatic heterocycles. The average molecular weight is 453 g/mol. The molecule has 5 rings (SSSR count). The number of fused-ring (bicyclic) bond motifs is 2. The van der Waals surface area contributed by atoms with Gasteiger partial charge in [0.05, 0.1) is 5.39 Å². The molecule has 4 heterocycles. The molecule has 0 aliphatic carbocycles. The summed E-state index contributed by atoms with van der Waals surface area (Å²) in [4.78, 5) is 8.24. The number of ether oxygens (including phenoxy) is 2. The van der Waals surface area contributed by atoms with Crippen LogP contribution in [0.4, 0.5) is 5.82 Å². The van der Waals surface area contributed by atoms with E-state index in [1.807, 2.05) is 12.1 Å². The third-order valence-corrected chi connectivity index (χ3v) is 5.92. The van der Waals surface area contributed by atoms with E-state index in [4.69, 9.17) is 26.8 Å². The van der Waals surface area contributed by atoms with Gasteiger partial charge in [-0.15, -0.1) is 12.4 Å². The number of nitrogens with zero attached hydrogens (tertiary/aromatic N) is 3. The molecule has 4 N–H and O–H groups in total. The molecule has 2 aliphatic rings. The first-order valence-electron chi connectivity index (χ1n) is 9.53. The fourth-order valence-electron chi connectivity index (χ4n) is 4.26. The molecule has 8 nitrogen and oxygen atoms in total. The predicted molar refractivity (Wildman–Crippen MR) is 114 cm³/mol. The zero-order chi connectivity index (χ0) is 20.1. The summed E-state index contributed by atoms with van der Waals surface area (Å²) in [6.07, 6.45) is 0.377. The molecule has 0 spiro atoms. The number of aliphatic hydroxyl groups is 2. The summed E-state index contributed by atoms with van der Waals surface area (Å²) in [5, 5.41) is 22.9. The maximum atomic E-state index is 10.8. The maximum absolute atomic E-state index is 10.8. The van der Waals surface area contributed by atoms with E-state index in [2.05, 4.69) is 9.97 Å². The summed E-state index contributed by atoms with van der Waals surface area (Å²) in [5.41, 5.74) is 8.43. The monoisotopic (exact) mass is 452 g/mol. The highest BCUT2D eigenvalue weighted by molar-refractivity contribution is 6.30. The standard InChI is InChI=1S/C20H21ClN4O4.ClH/c21-11-3-4-12-10(8-11)2-1-7-28-16(12)17-14(26)15(27)20(29-17)25-6-5-13-18(22)23-9-24-19(13)25;/h3-6,8-9,14-17,20,26-27H,1-2,7H2,(H2,22,23,24);1H/t14-,15+,16+,17-,20+;/m0./s1. The summed E-state index contributed by atoms with van der Waals surface area (Å²) in [6, 6.07) is 7.39. The van der Waals surface area contributed by atoms with Gasteiger partial charge in [0.15, 0.2) is 6.23 Å². The van der Waals surface area contributed by atoms with Gasteiger partial charge in [-0.25, -0.2) is 9.97 Å². The number of benzene rings is 1. The first kappa shape index (κ1) is 21.3. The van der Waals surface area contributed by atoms with Crippen molar-refractivity contribution < 1.29 is 19.7 Å². The van der Waals surface area contributed by atoms with E-state index in [1.165, 1.54) is 6.33 Å². The Morgan fingerprint density at radius 1 is 1.17 bits per heavy atom. The normalized spacial score (nSPS) is 28.7. The number of nitrogens with two attached hydrogens (primary N) is 1. The van der Waals surface area contributed by atoms with Crippen molar-refractivity contribution in [3.05, 3.63) is 52.9 Å². The zero-order valence-corrected chi connectivity index (χ0v) is 17.5. The number of halogens is 2. The number of hydrogen-bond acceptors (Lipinski definition) is 7. The number of aromatic nitrogens is 3. The molecule has 0 radical (unpaired) electrons. The van der Waals surface area contributed by atoms with Crippen LogP contribution in [0.2, 0.25) is 5.02 Å². The van der Waals surface area contributed by atoms with Crippen LogP contribution in [0.1, 0.15) is 29.9 Å². The summed E-state index contributed by atoms with van der Waals surface area (Å²) >= 11 is 6.16. The third-order valence-electron chi connectivity index (χ3n) is 5.69. The zero-order valence-electron chi connectivity index (χ0n) is 15.9. The van der Waals surface area contributed by atoms with E-state index < -0.39 is 30.6 Å². The topological polar surface area (TPSA) is 116 Å². The fourth-order valence-corrected chi connectivity index (χ4v) is 4.46. The lowest BCUT2D eigenvalue weighted by atomic mass is 9.94. The van der Waals surface area contributed by atoms with Crippen LogP contribution in [0.25, 0.3) is 11.0 Å². The minimum absolute atomic E-state index is 0. The lowest BCUT2D eigenvalue weighted by Crippen LogP contribution is -2.35. The molecular weight excluding hydrogens is 431 g/mol. The van der Waals surface area contributed by atoms with Crippen LogP contribution in [-0.2, 0) is 15.9 Å². The summed E-state index contributed by atoms with van der Waals surface area (Å²) in [6.45, 7) is 0.528. The van der Waals surface area contributed by atoms with Crippen LogP contribution in [0.15, 0.2) is 36.8 Å². The minimum atomic E-state index is -1.16. The Hall–Kier alpha value is -1.94. The number of anilines is 1. The number of nitrogen functional groups attached to an aromatic ring is 1. The Balaban J connectivity index is 0.00000218. The Bertz CT molecular complexity index is 1060. The van der Waals surface area contributed by atoms with E-state index in [-0.39, 0.29) is 12.4 Å². The third kappa shape index (κ3) is 3.43. The molecule has 2 aliphatic heterocycles. The van der Waals surface area contributed by atoms with Gasteiger partial charge in [0, 0.05) is 17.8 Å². The SMILES string of the molecule is Cl.Nc1ncnc2c1ccn2[C@@H]1O[C@H]([C@@H]2OCCCc3cc(Cl)ccc32)[C@@H](O)[C@H]1O. The quantitative estimate of drug-likeness (QED) is 0.546. The Morgan fingerprint density at radius 2 is 2.00 bits per heavy atom. The second kappa shape index (κ2) is 8.30. The van der Waals surface area contributed by atoms with Crippen molar-refractivity contribution in [1.82, 2.24) is 14.5 Å². The number of hydrogen-bond donors (Lipinski definition) is 3. The van der Waals surface area contributed by atoms with Gasteiger partial charge in [-0.05, 0) is 42.2 Å². The molecule has 1 saturated heterocycles. The smallest absolute Gasteiger partial charge is 0.164 e. The van der Waals surface area contributed by atoms with Gasteiger partial charge in [0.25, 0.3) is 0 Å². The van der Waals surface area contributed by atoms with Crippen LogP contribution in [0.3, 0.4) is 0 Å². The van der Waals surface area contributed by atoms with Crippen LogP contribution in [-0.4, -0.2) is 49.7 Å². The summed E-state index contributed by atoms with van der Waals surface area (Å²) < 4.78 is 13.9. The first-order chi connectivity index (χ1) is 14.0. The second-order valence-corrected chi connectivity index (χ2v) is 7.87. The highest BCUT2D eigenvalue weighted by Crippen LogP contribution is 2.41. The molecule has 0 bridgehead atoms. The Morgan fingerprint density at radius 3 is 2.83 bits per heavy atom. The predicted octanol–water partition coefficient (Wildman–Crippen LogP) is 2.41. The Labute approximate surface area is 184 Å². The van der Waals surface area contributed by atoms with E-state index in [9.17, 15) is 10.2 Å². The molecule has 1 aromatic carbocycles. The largest absolute Gasteiger partial charge is 0.387 e. The van der Waals surface area contributed by atoms with Gasteiger partial charge in [0.1, 0.15) is 42.2 Å². The van der Waals surface area contributed by atoms with E-state index in [0.29, 0.717) is 28.5 Å². The number of rotatable bonds is 2. The van der Waals surface area contributed by atoms with Crippen LogP contribution >= 0.6 is 24.0 Å². The minimum Gasteiger partial charge on any atom is -0.387 e. The van der Waals surface area contributed by atoms with E-state index in [1.54, 1.807) is 22.9 Å². The second-order valence-electron chi connectivity index (χ2n) is 7.43. The van der Waals surface area contributed by atoms with Crippen molar-refractivity contribution in [2.24, 2.45) is 0 Å². The van der Waals surface area contributed by atoms with Crippen molar-refractivity contribution in [2.45, 2.75) is 43.5 Å². The summed E-state index contributed by atoms with van der Waals surface area (Å²) in [5.74, 6) is 0.344.